The van der Waals surface area contributed by atoms with Crippen LogP contribution in [0.4, 0.5) is 5.69 Å². The molecule has 8 heteroatoms. The van der Waals surface area contributed by atoms with Crippen molar-refractivity contribution in [2.75, 3.05) is 5.32 Å². The first-order valence-electron chi connectivity index (χ1n) is 5.72. The Morgan fingerprint density at radius 1 is 1.35 bits per heavy atom. The zero-order chi connectivity index (χ0) is 12.6. The fourth-order valence-corrected chi connectivity index (χ4v) is 1.62. The Morgan fingerprint density at radius 3 is 2.60 bits per heavy atom. The number of halogens is 2. The van der Waals surface area contributed by atoms with Gasteiger partial charge >= 0.3 is 0 Å². The van der Waals surface area contributed by atoms with Gasteiger partial charge in [0, 0.05) is 12.4 Å². The zero-order valence-electron chi connectivity index (χ0n) is 10.5. The summed E-state index contributed by atoms with van der Waals surface area (Å²) in [5, 5.41) is 2.77. The lowest BCUT2D eigenvalue weighted by molar-refractivity contribution is -0.118. The molecular weight excluding hydrogens is 301 g/mol. The van der Waals surface area contributed by atoms with E-state index in [1.807, 2.05) is 6.07 Å². The maximum absolute atomic E-state index is 11.7. The van der Waals surface area contributed by atoms with Gasteiger partial charge in [0.1, 0.15) is 12.1 Å². The number of carbonyl (C=O) groups is 1. The van der Waals surface area contributed by atoms with Crippen LogP contribution in [0, 0.1) is 0 Å². The molecule has 1 aliphatic rings. The highest BCUT2D eigenvalue weighted by atomic mass is 35.5. The lowest BCUT2D eigenvalue weighted by Crippen LogP contribution is -2.37. The van der Waals surface area contributed by atoms with Gasteiger partial charge in [0.15, 0.2) is 0 Å². The summed E-state index contributed by atoms with van der Waals surface area (Å²) >= 11 is 0. The van der Waals surface area contributed by atoms with Gasteiger partial charge in [0.25, 0.3) is 0 Å². The number of carbonyl (C=O) groups excluding carboxylic acids is 1. The number of hydrogen-bond acceptors (Lipinski definition) is 4. The molecular formula is C12H15Cl2N5O. The summed E-state index contributed by atoms with van der Waals surface area (Å²) in [6, 6.07) is 3.61. The molecule has 0 aromatic carbocycles. The highest BCUT2D eigenvalue weighted by molar-refractivity contribution is 5.99. The number of nitrogens with two attached hydrogens (primary N) is 1. The van der Waals surface area contributed by atoms with Gasteiger partial charge in [-0.15, -0.1) is 24.8 Å². The van der Waals surface area contributed by atoms with Crippen LogP contribution in [-0.4, -0.2) is 26.0 Å². The van der Waals surface area contributed by atoms with Gasteiger partial charge in [-0.1, -0.05) is 0 Å². The smallest absolute Gasteiger partial charge is 0.244 e. The first kappa shape index (κ1) is 16.4. The maximum atomic E-state index is 11.7. The van der Waals surface area contributed by atoms with Gasteiger partial charge in [-0.25, -0.2) is 9.97 Å². The molecule has 0 unspecified atom stereocenters. The third-order valence-corrected chi connectivity index (χ3v) is 3.02. The molecule has 2 aromatic heterocycles. The Labute approximate surface area is 128 Å². The molecule has 2 heterocycles. The minimum absolute atomic E-state index is 0. The molecule has 0 saturated heterocycles. The Hall–Kier alpha value is -1.63. The summed E-state index contributed by atoms with van der Waals surface area (Å²) < 4.78 is 1.79. The molecule has 0 aliphatic heterocycles. The van der Waals surface area contributed by atoms with E-state index in [0.29, 0.717) is 5.69 Å². The Balaban J connectivity index is 0.000001000. The molecule has 1 fully saturated rings. The predicted octanol–water partition coefficient (Wildman–Crippen LogP) is 1.54. The molecule has 0 bridgehead atoms. The summed E-state index contributed by atoms with van der Waals surface area (Å²) in [6.45, 7) is 0. The number of hydrogen-bond donors (Lipinski definition) is 2. The molecule has 1 amide bonds. The van der Waals surface area contributed by atoms with Crippen LogP contribution in [0.1, 0.15) is 12.8 Å². The topological polar surface area (TPSA) is 85.8 Å². The van der Waals surface area contributed by atoms with Crippen molar-refractivity contribution < 1.29 is 4.79 Å². The van der Waals surface area contributed by atoms with Crippen molar-refractivity contribution in [1.29, 1.82) is 0 Å². The predicted molar refractivity (Wildman–Crippen MR) is 80.6 cm³/mol. The third kappa shape index (κ3) is 3.27. The second-order valence-corrected chi connectivity index (χ2v) is 4.49. The SMILES string of the molecule is Cl.Cl.NC1(C(=O)Nc2ccc(-n3ccnc3)nc2)CC1. The molecule has 0 atom stereocenters. The number of amides is 1. The Bertz CT molecular complexity index is 566. The van der Waals surface area contributed by atoms with Crippen molar-refractivity contribution in [3.05, 3.63) is 37.1 Å². The second kappa shape index (κ2) is 6.21. The van der Waals surface area contributed by atoms with E-state index in [1.54, 1.807) is 35.6 Å². The summed E-state index contributed by atoms with van der Waals surface area (Å²) in [5.41, 5.74) is 5.79. The Kier molecular flexibility index (Phi) is 5.10. The lowest BCUT2D eigenvalue weighted by Gasteiger charge is -2.10. The Morgan fingerprint density at radius 2 is 2.10 bits per heavy atom. The van der Waals surface area contributed by atoms with Crippen molar-refractivity contribution in [2.45, 2.75) is 18.4 Å². The highest BCUT2D eigenvalue weighted by Crippen LogP contribution is 2.33. The molecule has 0 radical (unpaired) electrons. The van der Waals surface area contributed by atoms with Crippen molar-refractivity contribution >= 4 is 36.4 Å². The first-order valence-corrected chi connectivity index (χ1v) is 5.72. The standard InChI is InChI=1S/C12H13N5O.2ClH/c13-12(3-4-12)11(18)16-9-1-2-10(15-7-9)17-6-5-14-8-17;;/h1-2,5-8H,3-4,13H2,(H,16,18);2*1H. The van der Waals surface area contributed by atoms with Crippen molar-refractivity contribution in [1.82, 2.24) is 14.5 Å². The quantitative estimate of drug-likeness (QED) is 0.899. The minimum atomic E-state index is -0.664. The molecule has 108 valence electrons. The number of aromatic nitrogens is 3. The summed E-state index contributed by atoms with van der Waals surface area (Å²) in [6.07, 6.45) is 8.26. The van der Waals surface area contributed by atoms with Gasteiger partial charge in [-0.05, 0) is 25.0 Å². The van der Waals surface area contributed by atoms with E-state index < -0.39 is 5.54 Å². The van der Waals surface area contributed by atoms with Crippen LogP contribution in [0.5, 0.6) is 0 Å². The molecule has 3 N–H and O–H groups in total. The molecule has 6 nitrogen and oxygen atoms in total. The number of rotatable bonds is 3. The van der Waals surface area contributed by atoms with E-state index in [-0.39, 0.29) is 30.7 Å². The van der Waals surface area contributed by atoms with E-state index in [9.17, 15) is 4.79 Å². The van der Waals surface area contributed by atoms with Crippen LogP contribution in [0.2, 0.25) is 0 Å². The van der Waals surface area contributed by atoms with Crippen LogP contribution < -0.4 is 11.1 Å². The van der Waals surface area contributed by atoms with Gasteiger partial charge in [0.05, 0.1) is 17.4 Å². The number of nitrogens with one attached hydrogen (secondary N) is 1. The molecule has 0 spiro atoms. The van der Waals surface area contributed by atoms with Crippen LogP contribution >= 0.6 is 24.8 Å². The van der Waals surface area contributed by atoms with Crippen LogP contribution in [0.15, 0.2) is 37.1 Å². The highest BCUT2D eigenvalue weighted by Gasteiger charge is 2.45. The van der Waals surface area contributed by atoms with Gasteiger partial charge in [-0.3, -0.25) is 9.36 Å². The van der Waals surface area contributed by atoms with E-state index in [4.69, 9.17) is 5.73 Å². The van der Waals surface area contributed by atoms with Crippen LogP contribution in [0.3, 0.4) is 0 Å². The fourth-order valence-electron chi connectivity index (χ4n) is 1.62. The number of anilines is 1. The lowest BCUT2D eigenvalue weighted by atomic mass is 10.2. The number of imidazole rings is 1. The third-order valence-electron chi connectivity index (χ3n) is 3.02. The number of nitrogens with zero attached hydrogens (tertiary/aromatic N) is 3. The minimum Gasteiger partial charge on any atom is -0.323 e. The molecule has 20 heavy (non-hydrogen) atoms. The second-order valence-electron chi connectivity index (χ2n) is 4.49. The fraction of sp³-hybridized carbons (Fsp3) is 0.250. The summed E-state index contributed by atoms with van der Waals surface area (Å²) in [7, 11) is 0. The van der Waals surface area contributed by atoms with Gasteiger partial charge < -0.3 is 11.1 Å². The van der Waals surface area contributed by atoms with Crippen molar-refractivity contribution in [3.63, 3.8) is 0 Å². The van der Waals surface area contributed by atoms with E-state index in [2.05, 4.69) is 15.3 Å². The van der Waals surface area contributed by atoms with Gasteiger partial charge in [-0.2, -0.15) is 0 Å². The summed E-state index contributed by atoms with van der Waals surface area (Å²) in [4.78, 5) is 19.9. The van der Waals surface area contributed by atoms with E-state index >= 15 is 0 Å². The van der Waals surface area contributed by atoms with Crippen molar-refractivity contribution in [3.8, 4) is 5.82 Å². The van der Waals surface area contributed by atoms with Crippen molar-refractivity contribution in [2.24, 2.45) is 5.73 Å². The maximum Gasteiger partial charge on any atom is 0.244 e. The largest absolute Gasteiger partial charge is 0.323 e. The average Bonchev–Trinajstić information content (AvgIpc) is 2.94. The average molecular weight is 316 g/mol. The monoisotopic (exact) mass is 315 g/mol. The first-order chi connectivity index (χ1) is 8.67. The number of pyridine rings is 1. The normalized spacial score (nSPS) is 14.7. The van der Waals surface area contributed by atoms with E-state index in [0.717, 1.165) is 18.7 Å². The zero-order valence-corrected chi connectivity index (χ0v) is 12.2. The molecule has 3 rings (SSSR count). The van der Waals surface area contributed by atoms with Crippen LogP contribution in [0.25, 0.3) is 5.82 Å². The van der Waals surface area contributed by atoms with Crippen LogP contribution in [-0.2, 0) is 4.79 Å². The molecule has 2 aromatic rings. The molecule has 1 saturated carbocycles. The molecule has 1 aliphatic carbocycles. The van der Waals surface area contributed by atoms with E-state index in [1.165, 1.54) is 0 Å². The van der Waals surface area contributed by atoms with Gasteiger partial charge in [0.2, 0.25) is 5.91 Å². The summed E-state index contributed by atoms with van der Waals surface area (Å²) in [5.74, 6) is 0.610.